The summed E-state index contributed by atoms with van der Waals surface area (Å²) in [4.78, 5) is 37.7. The van der Waals surface area contributed by atoms with Crippen molar-refractivity contribution in [1.29, 1.82) is 0 Å². The van der Waals surface area contributed by atoms with Crippen molar-refractivity contribution in [3.8, 4) is 0 Å². The zero-order valence-electron chi connectivity index (χ0n) is 15.7. The summed E-state index contributed by atoms with van der Waals surface area (Å²) in [5.74, 6) is -1.87. The zero-order chi connectivity index (χ0) is 21.6. The molecule has 2 aliphatic heterocycles. The second kappa shape index (κ2) is 8.11. The van der Waals surface area contributed by atoms with Gasteiger partial charge in [0.15, 0.2) is 8.68 Å². The average Bonchev–Trinajstić information content (AvgIpc) is 3.31. The van der Waals surface area contributed by atoms with Crippen LogP contribution in [-0.4, -0.2) is 63.7 Å². The first-order chi connectivity index (χ1) is 14.2. The molecule has 0 aromatic carbocycles. The maximum absolute atomic E-state index is 12.9. The van der Waals surface area contributed by atoms with Crippen molar-refractivity contribution >= 4 is 75.7 Å². The Bertz CT molecular complexity index is 1060. The summed E-state index contributed by atoms with van der Waals surface area (Å²) in [6.45, 7) is 4.90. The van der Waals surface area contributed by atoms with Crippen molar-refractivity contribution in [2.75, 3.05) is 0 Å². The van der Waals surface area contributed by atoms with Crippen LogP contribution in [0.4, 0.5) is 0 Å². The van der Waals surface area contributed by atoms with E-state index in [9.17, 15) is 19.5 Å². The molecule has 0 spiro atoms. The van der Waals surface area contributed by atoms with E-state index in [1.54, 1.807) is 19.4 Å². The van der Waals surface area contributed by atoms with Crippen LogP contribution in [0, 0.1) is 6.92 Å². The Labute approximate surface area is 191 Å². The smallest absolute Gasteiger partial charge is 0.353 e. The largest absolute Gasteiger partial charge is 0.477 e. The maximum Gasteiger partial charge on any atom is 0.353 e. The summed E-state index contributed by atoms with van der Waals surface area (Å²) in [6.07, 6.45) is 0. The van der Waals surface area contributed by atoms with Crippen LogP contribution in [0.3, 0.4) is 0 Å². The summed E-state index contributed by atoms with van der Waals surface area (Å²) in [5, 5.41) is 28.3. The van der Waals surface area contributed by atoms with E-state index in [-0.39, 0.29) is 17.5 Å². The number of aromatic nitrogens is 4. The fourth-order valence-corrected chi connectivity index (χ4v) is 8.76. The average molecular weight is 503 g/mol. The molecule has 10 nitrogen and oxygen atoms in total. The minimum atomic E-state index is -1.24. The first kappa shape index (κ1) is 21.5. The molecule has 0 saturated carbocycles. The van der Waals surface area contributed by atoms with Crippen LogP contribution < -0.4 is 5.32 Å². The standard InChI is InChI=1S/C15H14N6O4S5/c1-5(22)17-15(3)9(29-14-20-18-6(2)27-14)7(12(24)25)21-10(23)8(11(21)30-15)28-13-19-16-4-26-13/h4,8,11H,1-3H3,(H,17,22)(H,24,25)/t8?,11-,15?/m1/s1. The van der Waals surface area contributed by atoms with Gasteiger partial charge in [-0.15, -0.1) is 32.2 Å². The lowest BCUT2D eigenvalue weighted by Gasteiger charge is -2.53. The van der Waals surface area contributed by atoms with Gasteiger partial charge in [-0.25, -0.2) is 4.79 Å². The number of aliphatic carboxylic acids is 1. The van der Waals surface area contributed by atoms with Gasteiger partial charge in [0.2, 0.25) is 11.8 Å². The van der Waals surface area contributed by atoms with E-state index in [2.05, 4.69) is 25.7 Å². The molecule has 15 heteroatoms. The first-order valence-corrected chi connectivity index (χ1v) is 12.7. The van der Waals surface area contributed by atoms with Crippen LogP contribution in [0.5, 0.6) is 0 Å². The lowest BCUT2D eigenvalue weighted by molar-refractivity contribution is -0.145. The fraction of sp³-hybridized carbons (Fsp3) is 0.400. The van der Waals surface area contributed by atoms with Crippen LogP contribution in [0.15, 0.2) is 24.8 Å². The number of nitrogens with one attached hydrogen (secondary N) is 1. The number of fused-ring (bicyclic) bond motifs is 1. The van der Waals surface area contributed by atoms with Crippen LogP contribution in [0.2, 0.25) is 0 Å². The number of hydrogen-bond acceptors (Lipinski definition) is 12. The molecule has 1 fully saturated rings. The van der Waals surface area contributed by atoms with Crippen molar-refractivity contribution in [3.05, 3.63) is 21.1 Å². The first-order valence-electron chi connectivity index (χ1n) is 8.38. The fourth-order valence-electron chi connectivity index (χ4n) is 3.03. The van der Waals surface area contributed by atoms with Crippen LogP contribution >= 0.6 is 58.0 Å². The van der Waals surface area contributed by atoms with Crippen molar-refractivity contribution in [3.63, 3.8) is 0 Å². The molecule has 2 aliphatic rings. The van der Waals surface area contributed by atoms with Crippen molar-refractivity contribution in [2.24, 2.45) is 0 Å². The molecule has 0 bridgehead atoms. The Morgan fingerprint density at radius 3 is 2.63 bits per heavy atom. The summed E-state index contributed by atoms with van der Waals surface area (Å²) in [6, 6.07) is 0. The van der Waals surface area contributed by atoms with Gasteiger partial charge in [-0.3, -0.25) is 14.5 Å². The topological polar surface area (TPSA) is 138 Å². The van der Waals surface area contributed by atoms with E-state index in [4.69, 9.17) is 0 Å². The lowest BCUT2D eigenvalue weighted by atomic mass is 10.1. The molecular formula is C15H14N6O4S5. The molecule has 4 heterocycles. The number of nitrogens with zero attached hydrogens (tertiary/aromatic N) is 5. The number of carboxylic acid groups (broad SMARTS) is 1. The molecule has 0 radical (unpaired) electrons. The van der Waals surface area contributed by atoms with Gasteiger partial charge in [-0.1, -0.05) is 46.2 Å². The number of amides is 2. The van der Waals surface area contributed by atoms with Crippen LogP contribution in [0.1, 0.15) is 18.9 Å². The zero-order valence-corrected chi connectivity index (χ0v) is 19.8. The van der Waals surface area contributed by atoms with E-state index < -0.39 is 21.5 Å². The third-order valence-electron chi connectivity index (χ3n) is 4.12. The second-order valence-electron chi connectivity index (χ2n) is 6.35. The molecule has 2 aromatic heterocycles. The third kappa shape index (κ3) is 3.84. The molecule has 2 N–H and O–H groups in total. The Morgan fingerprint density at radius 1 is 1.30 bits per heavy atom. The van der Waals surface area contributed by atoms with Gasteiger partial charge in [0.1, 0.15) is 31.7 Å². The molecule has 3 atom stereocenters. The predicted molar refractivity (Wildman–Crippen MR) is 115 cm³/mol. The van der Waals surface area contributed by atoms with Crippen LogP contribution in [-0.2, 0) is 14.4 Å². The van der Waals surface area contributed by atoms with Crippen molar-refractivity contribution in [1.82, 2.24) is 30.6 Å². The monoisotopic (exact) mass is 502 g/mol. The Morgan fingerprint density at radius 2 is 2.07 bits per heavy atom. The van der Waals surface area contributed by atoms with E-state index in [1.165, 1.54) is 58.0 Å². The maximum atomic E-state index is 12.9. The number of β-lactam (4-membered cyclic amide) rings is 1. The van der Waals surface area contributed by atoms with Crippen molar-refractivity contribution in [2.45, 2.75) is 44.9 Å². The molecule has 2 aromatic rings. The van der Waals surface area contributed by atoms with Gasteiger partial charge in [-0.2, -0.15) is 0 Å². The molecule has 0 aliphatic carbocycles. The Kier molecular flexibility index (Phi) is 5.82. The number of carboxylic acids is 1. The molecule has 4 rings (SSSR count). The van der Waals surface area contributed by atoms with E-state index in [0.29, 0.717) is 13.6 Å². The summed E-state index contributed by atoms with van der Waals surface area (Å²) >= 11 is 6.30. The number of rotatable bonds is 6. The number of carbonyl (C=O) groups excluding carboxylic acids is 2. The minimum Gasteiger partial charge on any atom is -0.477 e. The third-order valence-corrected chi connectivity index (χ3v) is 10.2. The highest BCUT2D eigenvalue weighted by atomic mass is 32.2. The van der Waals surface area contributed by atoms with E-state index in [0.717, 1.165) is 16.8 Å². The van der Waals surface area contributed by atoms with Gasteiger partial charge in [0, 0.05) is 6.92 Å². The van der Waals surface area contributed by atoms with Gasteiger partial charge >= 0.3 is 5.97 Å². The molecule has 2 amide bonds. The number of hydrogen-bond donors (Lipinski definition) is 2. The SMILES string of the molecule is CC(=O)NC1(C)S[C@@H]2C(Sc3nncs3)C(=O)N2C(C(=O)O)=C1Sc1nnc(C)s1. The molecule has 30 heavy (non-hydrogen) atoms. The normalized spacial score (nSPS) is 25.7. The minimum absolute atomic E-state index is 0.146. The second-order valence-corrected chi connectivity index (χ2v) is 12.5. The predicted octanol–water partition coefficient (Wildman–Crippen LogP) is 2.01. The number of carbonyl (C=O) groups is 3. The van der Waals surface area contributed by atoms with Crippen LogP contribution in [0.25, 0.3) is 0 Å². The lowest BCUT2D eigenvalue weighted by Crippen LogP contribution is -2.67. The summed E-state index contributed by atoms with van der Waals surface area (Å²) in [7, 11) is 0. The van der Waals surface area contributed by atoms with E-state index >= 15 is 0 Å². The van der Waals surface area contributed by atoms with E-state index in [1.807, 2.05) is 0 Å². The number of aryl methyl sites for hydroxylation is 1. The van der Waals surface area contributed by atoms with Gasteiger partial charge < -0.3 is 10.4 Å². The summed E-state index contributed by atoms with van der Waals surface area (Å²) < 4.78 is 1.16. The molecule has 1 saturated heterocycles. The highest BCUT2D eigenvalue weighted by Crippen LogP contribution is 2.56. The Balaban J connectivity index is 1.76. The van der Waals surface area contributed by atoms with Gasteiger partial charge in [0.25, 0.3) is 0 Å². The quantitative estimate of drug-likeness (QED) is 0.561. The van der Waals surface area contributed by atoms with Gasteiger partial charge in [0.05, 0.1) is 4.91 Å². The Hall–Kier alpha value is -1.68. The molecule has 2 unspecified atom stereocenters. The summed E-state index contributed by atoms with van der Waals surface area (Å²) in [5.41, 5.74) is 1.42. The number of thioether (sulfide) groups is 3. The molecular weight excluding hydrogens is 489 g/mol. The highest BCUT2D eigenvalue weighted by molar-refractivity contribution is 8.09. The van der Waals surface area contributed by atoms with Gasteiger partial charge in [-0.05, 0) is 13.8 Å². The molecule has 158 valence electrons. The van der Waals surface area contributed by atoms with Crippen molar-refractivity contribution < 1.29 is 19.5 Å². The highest BCUT2D eigenvalue weighted by Gasteiger charge is 2.60.